The van der Waals surface area contributed by atoms with Crippen LogP contribution in [0.1, 0.15) is 30.9 Å². The van der Waals surface area contributed by atoms with E-state index in [9.17, 15) is 0 Å². The normalized spacial score (nSPS) is 23.8. The molecule has 1 N–H and O–H groups in total. The number of benzene rings is 1. The Labute approximate surface area is 120 Å². The van der Waals surface area contributed by atoms with Crippen LogP contribution in [0.5, 0.6) is 11.5 Å². The first kappa shape index (κ1) is 12.5. The molecule has 0 aromatic heterocycles. The number of nitrogens with one attached hydrogen (secondary N) is 1. The number of nitrogens with zero attached hydrogens (tertiary/aromatic N) is 1. The maximum atomic E-state index is 5.74. The van der Waals surface area contributed by atoms with Crippen LogP contribution in [0.25, 0.3) is 0 Å². The molecular formula is C16H22N2O2. The molecule has 1 aromatic carbocycles. The lowest BCUT2D eigenvalue weighted by molar-refractivity contribution is 0.150. The van der Waals surface area contributed by atoms with Gasteiger partial charge < -0.3 is 14.8 Å². The third kappa shape index (κ3) is 2.38. The fourth-order valence-corrected chi connectivity index (χ4v) is 3.35. The molecular weight excluding hydrogens is 252 g/mol. The second kappa shape index (κ2) is 5.26. The van der Waals surface area contributed by atoms with Crippen molar-refractivity contribution in [3.05, 3.63) is 23.8 Å². The minimum Gasteiger partial charge on any atom is -0.454 e. The Morgan fingerprint density at radius 3 is 2.85 bits per heavy atom. The van der Waals surface area contributed by atoms with E-state index in [1.165, 1.54) is 24.8 Å². The molecule has 1 aliphatic carbocycles. The highest BCUT2D eigenvalue weighted by molar-refractivity contribution is 5.49. The fourth-order valence-electron chi connectivity index (χ4n) is 3.35. The van der Waals surface area contributed by atoms with Gasteiger partial charge >= 0.3 is 0 Å². The third-order valence-electron chi connectivity index (χ3n) is 4.63. The van der Waals surface area contributed by atoms with Crippen LogP contribution in [-0.2, 0) is 0 Å². The van der Waals surface area contributed by atoms with Gasteiger partial charge in [-0.15, -0.1) is 0 Å². The van der Waals surface area contributed by atoms with Crippen LogP contribution in [0.4, 0.5) is 0 Å². The number of rotatable bonds is 4. The maximum Gasteiger partial charge on any atom is 0.231 e. The molecule has 2 aliphatic heterocycles. The Bertz CT molecular complexity index is 481. The van der Waals surface area contributed by atoms with Gasteiger partial charge in [0, 0.05) is 37.8 Å². The Kier molecular flexibility index (Phi) is 3.28. The highest BCUT2D eigenvalue weighted by Crippen LogP contribution is 2.45. The topological polar surface area (TPSA) is 33.7 Å². The summed E-state index contributed by atoms with van der Waals surface area (Å²) in [4.78, 5) is 2.62. The predicted octanol–water partition coefficient (Wildman–Crippen LogP) is 2.16. The molecule has 0 amide bonds. The molecule has 1 saturated heterocycles. The van der Waals surface area contributed by atoms with E-state index in [0.29, 0.717) is 12.8 Å². The maximum absolute atomic E-state index is 5.74. The zero-order chi connectivity index (χ0) is 13.4. The highest BCUT2D eigenvalue weighted by Gasteiger charge is 2.33. The zero-order valence-electron chi connectivity index (χ0n) is 11.8. The van der Waals surface area contributed by atoms with Gasteiger partial charge in [0.1, 0.15) is 0 Å². The quantitative estimate of drug-likeness (QED) is 0.912. The summed E-state index contributed by atoms with van der Waals surface area (Å²) < 4.78 is 11.3. The Balaban J connectivity index is 1.64. The average molecular weight is 274 g/mol. The van der Waals surface area contributed by atoms with Gasteiger partial charge in [0.05, 0.1) is 0 Å². The fraction of sp³-hybridized carbons (Fsp3) is 0.625. The Hall–Kier alpha value is -1.26. The van der Waals surface area contributed by atoms with Gasteiger partial charge in [-0.3, -0.25) is 4.90 Å². The summed E-state index contributed by atoms with van der Waals surface area (Å²) in [6, 6.07) is 6.83. The number of para-hydroxylation sites is 1. The molecule has 1 saturated carbocycles. The van der Waals surface area contributed by atoms with Crippen LogP contribution in [0.2, 0.25) is 0 Å². The molecule has 1 aromatic rings. The summed E-state index contributed by atoms with van der Waals surface area (Å²) >= 11 is 0. The largest absolute Gasteiger partial charge is 0.454 e. The second-order valence-electron chi connectivity index (χ2n) is 6.06. The van der Waals surface area contributed by atoms with E-state index < -0.39 is 0 Å². The summed E-state index contributed by atoms with van der Waals surface area (Å²) in [6.07, 6.45) is 4.06. The van der Waals surface area contributed by atoms with E-state index in [1.807, 2.05) is 6.07 Å². The van der Waals surface area contributed by atoms with Crippen LogP contribution in [0.3, 0.4) is 0 Å². The van der Waals surface area contributed by atoms with Crippen molar-refractivity contribution in [3.63, 3.8) is 0 Å². The molecule has 4 rings (SSSR count). The van der Waals surface area contributed by atoms with Gasteiger partial charge in [0.25, 0.3) is 0 Å². The molecule has 3 aliphatic rings. The van der Waals surface area contributed by atoms with E-state index in [-0.39, 0.29) is 0 Å². The SMILES string of the molecule is c1cc2c(c([C@H](CC3CC3)N3CCNCC3)c1)OCO2. The monoisotopic (exact) mass is 274 g/mol. The lowest BCUT2D eigenvalue weighted by atomic mass is 9.97. The van der Waals surface area contributed by atoms with Gasteiger partial charge in [-0.05, 0) is 18.4 Å². The van der Waals surface area contributed by atoms with Crippen molar-refractivity contribution in [1.82, 2.24) is 10.2 Å². The van der Waals surface area contributed by atoms with Crippen molar-refractivity contribution < 1.29 is 9.47 Å². The molecule has 0 spiro atoms. The Morgan fingerprint density at radius 2 is 2.05 bits per heavy atom. The van der Waals surface area contributed by atoms with E-state index in [2.05, 4.69) is 22.3 Å². The number of ether oxygens (including phenoxy) is 2. The second-order valence-corrected chi connectivity index (χ2v) is 6.06. The first-order chi connectivity index (χ1) is 9.92. The van der Waals surface area contributed by atoms with Crippen molar-refractivity contribution >= 4 is 0 Å². The number of piperazine rings is 1. The Morgan fingerprint density at radius 1 is 1.20 bits per heavy atom. The van der Waals surface area contributed by atoms with Crippen molar-refractivity contribution in [2.24, 2.45) is 5.92 Å². The lowest BCUT2D eigenvalue weighted by Gasteiger charge is -2.35. The molecule has 1 atom stereocenters. The number of hydrogen-bond donors (Lipinski definition) is 1. The predicted molar refractivity (Wildman–Crippen MR) is 77.1 cm³/mol. The molecule has 4 heteroatoms. The van der Waals surface area contributed by atoms with Crippen LogP contribution in [-0.4, -0.2) is 37.9 Å². The van der Waals surface area contributed by atoms with E-state index in [1.54, 1.807) is 0 Å². The van der Waals surface area contributed by atoms with Crippen molar-refractivity contribution in [3.8, 4) is 11.5 Å². The number of fused-ring (bicyclic) bond motifs is 1. The number of hydrogen-bond acceptors (Lipinski definition) is 4. The summed E-state index contributed by atoms with van der Waals surface area (Å²) in [6.45, 7) is 4.80. The van der Waals surface area contributed by atoms with E-state index >= 15 is 0 Å². The first-order valence-electron chi connectivity index (χ1n) is 7.75. The molecule has 4 nitrogen and oxygen atoms in total. The van der Waals surface area contributed by atoms with Crippen molar-refractivity contribution in [2.75, 3.05) is 33.0 Å². The summed E-state index contributed by atoms with van der Waals surface area (Å²) in [5, 5.41) is 3.44. The molecule has 2 heterocycles. The molecule has 0 radical (unpaired) electrons. The zero-order valence-corrected chi connectivity index (χ0v) is 11.8. The van der Waals surface area contributed by atoms with Gasteiger partial charge in [0.15, 0.2) is 11.5 Å². The van der Waals surface area contributed by atoms with Crippen LogP contribution in [0, 0.1) is 5.92 Å². The van der Waals surface area contributed by atoms with Crippen LogP contribution in [0.15, 0.2) is 18.2 Å². The van der Waals surface area contributed by atoms with Gasteiger partial charge in [-0.1, -0.05) is 25.0 Å². The first-order valence-corrected chi connectivity index (χ1v) is 7.75. The van der Waals surface area contributed by atoms with Gasteiger partial charge in [-0.25, -0.2) is 0 Å². The summed E-state index contributed by atoms with van der Waals surface area (Å²) in [5.41, 5.74) is 1.33. The van der Waals surface area contributed by atoms with E-state index in [4.69, 9.17) is 9.47 Å². The summed E-state index contributed by atoms with van der Waals surface area (Å²) in [7, 11) is 0. The molecule has 108 valence electrons. The molecule has 2 fully saturated rings. The lowest BCUT2D eigenvalue weighted by Crippen LogP contribution is -2.45. The van der Waals surface area contributed by atoms with Crippen LogP contribution >= 0.6 is 0 Å². The highest BCUT2D eigenvalue weighted by atomic mass is 16.7. The van der Waals surface area contributed by atoms with Crippen molar-refractivity contribution in [2.45, 2.75) is 25.3 Å². The minimum atomic E-state index is 0.365. The van der Waals surface area contributed by atoms with Crippen LogP contribution < -0.4 is 14.8 Å². The minimum absolute atomic E-state index is 0.365. The van der Waals surface area contributed by atoms with Gasteiger partial charge in [-0.2, -0.15) is 0 Å². The standard InChI is InChI=1S/C16H22N2O2/c1-2-13(16-15(3-1)19-11-20-16)14(10-12-4-5-12)18-8-6-17-7-9-18/h1-3,12,14,17H,4-11H2/t14-/m0/s1. The van der Waals surface area contributed by atoms with Gasteiger partial charge in [0.2, 0.25) is 6.79 Å². The average Bonchev–Trinajstić information content (AvgIpc) is 3.19. The van der Waals surface area contributed by atoms with Crippen molar-refractivity contribution in [1.29, 1.82) is 0 Å². The smallest absolute Gasteiger partial charge is 0.231 e. The molecule has 0 unspecified atom stereocenters. The van der Waals surface area contributed by atoms with E-state index in [0.717, 1.165) is 43.6 Å². The molecule has 20 heavy (non-hydrogen) atoms. The summed E-state index contributed by atoms with van der Waals surface area (Å²) in [5.74, 6) is 2.81. The third-order valence-corrected chi connectivity index (χ3v) is 4.63. The molecule has 0 bridgehead atoms.